The average molecular weight is 142 g/mol. The van der Waals surface area contributed by atoms with Crippen molar-refractivity contribution in [1.29, 1.82) is 0 Å². The van der Waals surface area contributed by atoms with Crippen LogP contribution >= 0.6 is 0 Å². The molecule has 0 spiro atoms. The number of allylic oxidation sites excluding steroid dienone is 2. The van der Waals surface area contributed by atoms with E-state index in [0.717, 1.165) is 0 Å². The molecule has 0 N–H and O–H groups in total. The standard InChI is InChI=1S/C10H8.2Li/c1-2-6-10-8-4-3-7-9(10)5-1;;/h1-8H;;/q-2;2*+1. The molecule has 0 bridgehead atoms. The molecule has 2 rings (SSSR count). The van der Waals surface area contributed by atoms with E-state index in [1.54, 1.807) is 0 Å². The Hall–Kier alpha value is -0.105. The molecule has 0 fully saturated rings. The molecule has 0 saturated carbocycles. The van der Waals surface area contributed by atoms with E-state index in [1.807, 2.05) is 0 Å². The van der Waals surface area contributed by atoms with Gasteiger partial charge in [-0.15, -0.1) is 12.1 Å². The molecule has 1 aromatic carbocycles. The molecule has 1 aliphatic rings. The Balaban J connectivity index is 0.000000605. The molecule has 1 aliphatic carbocycles. The van der Waals surface area contributed by atoms with Gasteiger partial charge in [0, 0.05) is 0 Å². The smallest absolute Gasteiger partial charge is 0.233 e. The van der Waals surface area contributed by atoms with Crippen LogP contribution in [0.25, 0.3) is 0 Å². The monoisotopic (exact) mass is 142 g/mol. The van der Waals surface area contributed by atoms with Gasteiger partial charge in [-0.1, -0.05) is 0 Å². The van der Waals surface area contributed by atoms with Gasteiger partial charge in [0.05, 0.1) is 0 Å². The fourth-order valence-corrected chi connectivity index (χ4v) is 1.13. The van der Waals surface area contributed by atoms with Gasteiger partial charge in [0.2, 0.25) is 0 Å². The van der Waals surface area contributed by atoms with E-state index in [0.29, 0.717) is 0 Å². The molecule has 2 heteroatoms. The van der Waals surface area contributed by atoms with Crippen LogP contribution in [0.15, 0.2) is 36.4 Å². The summed E-state index contributed by atoms with van der Waals surface area (Å²) in [4.78, 5) is 0. The van der Waals surface area contributed by atoms with Crippen molar-refractivity contribution in [3.63, 3.8) is 0 Å². The summed E-state index contributed by atoms with van der Waals surface area (Å²) in [6.07, 6.45) is 8.36. The van der Waals surface area contributed by atoms with Crippen LogP contribution in [0.2, 0.25) is 0 Å². The van der Waals surface area contributed by atoms with Gasteiger partial charge in [-0.05, 0) is 0 Å². The predicted octanol–water partition coefficient (Wildman–Crippen LogP) is -3.63. The first-order valence-electron chi connectivity index (χ1n) is 3.40. The Morgan fingerprint density at radius 3 is 1.58 bits per heavy atom. The SMILES string of the molecule is C1=C[CH-]c2ccccc2[CH-]1.[Li+].[Li+]. The second-order valence-electron chi connectivity index (χ2n) is 2.35. The maximum Gasteiger partial charge on any atom is 1.00 e. The molecule has 0 amide bonds. The van der Waals surface area contributed by atoms with E-state index >= 15 is 0 Å². The topological polar surface area (TPSA) is 0 Å². The van der Waals surface area contributed by atoms with E-state index < -0.39 is 0 Å². The van der Waals surface area contributed by atoms with Gasteiger partial charge in [-0.3, -0.25) is 0 Å². The predicted molar refractivity (Wildman–Crippen MR) is 42.4 cm³/mol. The van der Waals surface area contributed by atoms with Crippen LogP contribution in [0.4, 0.5) is 0 Å². The van der Waals surface area contributed by atoms with Gasteiger partial charge in [0.15, 0.2) is 0 Å². The third kappa shape index (κ3) is 2.44. The Kier molecular flexibility index (Phi) is 5.48. The van der Waals surface area contributed by atoms with E-state index in [2.05, 4.69) is 49.3 Å². The van der Waals surface area contributed by atoms with Crippen LogP contribution in [0.3, 0.4) is 0 Å². The fourth-order valence-electron chi connectivity index (χ4n) is 1.13. The van der Waals surface area contributed by atoms with Gasteiger partial charge in [0.1, 0.15) is 0 Å². The Labute approximate surface area is 97.8 Å². The van der Waals surface area contributed by atoms with Crippen molar-refractivity contribution in [2.45, 2.75) is 0 Å². The normalized spacial score (nSPS) is 11.0. The Morgan fingerprint density at radius 1 is 0.750 bits per heavy atom. The van der Waals surface area contributed by atoms with Crippen molar-refractivity contribution in [3.8, 4) is 0 Å². The summed E-state index contributed by atoms with van der Waals surface area (Å²) in [7, 11) is 0. The molecular weight excluding hydrogens is 134 g/mol. The molecule has 0 nitrogen and oxygen atoms in total. The van der Waals surface area contributed by atoms with E-state index in [9.17, 15) is 0 Å². The summed E-state index contributed by atoms with van der Waals surface area (Å²) in [6.45, 7) is 0. The third-order valence-electron chi connectivity index (χ3n) is 1.66. The maximum absolute atomic E-state index is 2.12. The maximum atomic E-state index is 2.12. The molecule has 0 saturated heterocycles. The first-order valence-corrected chi connectivity index (χ1v) is 3.40. The van der Waals surface area contributed by atoms with Crippen LogP contribution in [0, 0.1) is 12.8 Å². The van der Waals surface area contributed by atoms with Gasteiger partial charge >= 0.3 is 37.7 Å². The first-order chi connectivity index (χ1) is 4.97. The zero-order valence-electron chi connectivity index (χ0n) is 7.62. The number of benzene rings is 1. The molecule has 0 atom stereocenters. The summed E-state index contributed by atoms with van der Waals surface area (Å²) in [5.41, 5.74) is 2.62. The average Bonchev–Trinajstić information content (AvgIpc) is 2.05. The fraction of sp³-hybridized carbons (Fsp3) is 0. The van der Waals surface area contributed by atoms with Crippen LogP contribution in [-0.4, -0.2) is 0 Å². The first kappa shape index (κ1) is 11.9. The summed E-state index contributed by atoms with van der Waals surface area (Å²) < 4.78 is 0. The number of hydrogen-bond donors (Lipinski definition) is 0. The molecule has 0 radical (unpaired) electrons. The van der Waals surface area contributed by atoms with Crippen molar-refractivity contribution in [3.05, 3.63) is 60.4 Å². The van der Waals surface area contributed by atoms with Crippen molar-refractivity contribution < 1.29 is 37.7 Å². The van der Waals surface area contributed by atoms with Gasteiger partial charge in [-0.2, -0.15) is 12.1 Å². The second kappa shape index (κ2) is 5.52. The Bertz CT molecular complexity index is 239. The molecule has 0 aliphatic heterocycles. The number of rotatable bonds is 0. The van der Waals surface area contributed by atoms with Crippen LogP contribution < -0.4 is 37.7 Å². The molecular formula is C10H8Li2. The van der Waals surface area contributed by atoms with Crippen LogP contribution in [0.1, 0.15) is 11.1 Å². The van der Waals surface area contributed by atoms with Gasteiger partial charge in [-0.25, -0.2) is 36.1 Å². The molecule has 50 valence electrons. The molecule has 1 aromatic rings. The third-order valence-corrected chi connectivity index (χ3v) is 1.66. The molecule has 0 unspecified atom stereocenters. The van der Waals surface area contributed by atoms with E-state index in [-0.39, 0.29) is 37.7 Å². The number of hydrogen-bond acceptors (Lipinski definition) is 0. The summed E-state index contributed by atoms with van der Waals surface area (Å²) in [5.74, 6) is 0. The minimum atomic E-state index is 0. The largest absolute Gasteiger partial charge is 1.00 e. The zero-order valence-corrected chi connectivity index (χ0v) is 7.62. The van der Waals surface area contributed by atoms with Gasteiger partial charge in [0.25, 0.3) is 0 Å². The van der Waals surface area contributed by atoms with Crippen LogP contribution in [-0.2, 0) is 0 Å². The van der Waals surface area contributed by atoms with E-state index in [1.165, 1.54) is 11.1 Å². The quantitative estimate of drug-likeness (QED) is 0.259. The van der Waals surface area contributed by atoms with Crippen molar-refractivity contribution in [2.75, 3.05) is 0 Å². The summed E-state index contributed by atoms with van der Waals surface area (Å²) >= 11 is 0. The molecule has 0 heterocycles. The Morgan fingerprint density at radius 2 is 1.17 bits per heavy atom. The summed E-state index contributed by atoms with van der Waals surface area (Å²) in [5, 5.41) is 0. The molecule has 12 heavy (non-hydrogen) atoms. The summed E-state index contributed by atoms with van der Waals surface area (Å²) in [6, 6.07) is 8.36. The minimum absolute atomic E-state index is 0. The number of fused-ring (bicyclic) bond motifs is 1. The zero-order chi connectivity index (χ0) is 6.81. The van der Waals surface area contributed by atoms with Crippen molar-refractivity contribution >= 4 is 0 Å². The van der Waals surface area contributed by atoms with Crippen LogP contribution in [0.5, 0.6) is 0 Å². The minimum Gasteiger partial charge on any atom is -0.233 e. The van der Waals surface area contributed by atoms with Crippen molar-refractivity contribution in [1.82, 2.24) is 0 Å². The van der Waals surface area contributed by atoms with Crippen molar-refractivity contribution in [2.24, 2.45) is 0 Å². The second-order valence-corrected chi connectivity index (χ2v) is 2.35. The van der Waals surface area contributed by atoms with Gasteiger partial charge < -0.3 is 0 Å². The van der Waals surface area contributed by atoms with E-state index in [4.69, 9.17) is 0 Å². The molecule has 0 aromatic heterocycles.